The van der Waals surface area contributed by atoms with Gasteiger partial charge in [0.15, 0.2) is 0 Å². The number of hydrogen-bond acceptors (Lipinski definition) is 3. The molecule has 1 aromatic rings. The second-order valence-electron chi connectivity index (χ2n) is 6.02. The van der Waals surface area contributed by atoms with Crippen molar-refractivity contribution in [3.8, 4) is 0 Å². The summed E-state index contributed by atoms with van der Waals surface area (Å²) in [5, 5.41) is 0. The maximum absolute atomic E-state index is 6.15. The van der Waals surface area contributed by atoms with Gasteiger partial charge in [0.1, 0.15) is 0 Å². The van der Waals surface area contributed by atoms with Gasteiger partial charge >= 0.3 is 0 Å². The third-order valence-electron chi connectivity index (χ3n) is 4.83. The predicted molar refractivity (Wildman–Crippen MR) is 79.7 cm³/mol. The van der Waals surface area contributed by atoms with Crippen molar-refractivity contribution in [2.75, 3.05) is 13.6 Å². The summed E-state index contributed by atoms with van der Waals surface area (Å²) in [6.45, 7) is 4.01. The fourth-order valence-corrected chi connectivity index (χ4v) is 3.43. The van der Waals surface area contributed by atoms with Gasteiger partial charge in [0.05, 0.1) is 0 Å². The zero-order chi connectivity index (χ0) is 13.7. The van der Waals surface area contributed by atoms with Crippen LogP contribution in [0.15, 0.2) is 24.5 Å². The molecule has 2 rings (SSSR count). The number of nitrogens with zero attached hydrogens (tertiary/aromatic N) is 2. The minimum atomic E-state index is 0.189. The van der Waals surface area contributed by atoms with Crippen molar-refractivity contribution >= 4 is 0 Å². The maximum Gasteiger partial charge on any atom is 0.0334 e. The molecule has 0 radical (unpaired) electrons. The molecule has 1 heterocycles. The second kappa shape index (κ2) is 6.49. The van der Waals surface area contributed by atoms with Gasteiger partial charge in [-0.2, -0.15) is 0 Å². The van der Waals surface area contributed by atoms with Crippen LogP contribution in [0.2, 0.25) is 0 Å². The molecule has 2 N–H and O–H groups in total. The highest BCUT2D eigenvalue weighted by Gasteiger charge is 2.37. The quantitative estimate of drug-likeness (QED) is 0.886. The van der Waals surface area contributed by atoms with Gasteiger partial charge in [-0.05, 0) is 37.4 Å². The van der Waals surface area contributed by atoms with E-state index in [1.54, 1.807) is 0 Å². The summed E-state index contributed by atoms with van der Waals surface area (Å²) >= 11 is 0. The van der Waals surface area contributed by atoms with Crippen molar-refractivity contribution < 1.29 is 0 Å². The van der Waals surface area contributed by atoms with Gasteiger partial charge < -0.3 is 5.73 Å². The standard InChI is InChI=1S/C16H27N3/c1-3-14-6-4-8-16(10-14,13-17)19(2)12-15-7-5-9-18-11-15/h5,7,9,11,14H,3-4,6,8,10,12-13,17H2,1-2H3. The van der Waals surface area contributed by atoms with E-state index in [1.165, 1.54) is 37.7 Å². The van der Waals surface area contributed by atoms with Crippen molar-refractivity contribution in [2.45, 2.75) is 51.1 Å². The number of hydrogen-bond donors (Lipinski definition) is 1. The Hall–Kier alpha value is -0.930. The first-order valence-corrected chi connectivity index (χ1v) is 7.50. The Balaban J connectivity index is 2.07. The van der Waals surface area contributed by atoms with Crippen molar-refractivity contribution in [1.29, 1.82) is 0 Å². The van der Waals surface area contributed by atoms with Crippen LogP contribution in [-0.4, -0.2) is 29.0 Å². The Kier molecular flexibility index (Phi) is 4.94. The fraction of sp³-hybridized carbons (Fsp3) is 0.688. The van der Waals surface area contributed by atoms with Crippen LogP contribution >= 0.6 is 0 Å². The molecule has 3 nitrogen and oxygen atoms in total. The topological polar surface area (TPSA) is 42.1 Å². The number of rotatable bonds is 5. The van der Waals surface area contributed by atoms with Gasteiger partial charge in [-0.15, -0.1) is 0 Å². The number of aromatic nitrogens is 1. The Morgan fingerprint density at radius 2 is 2.37 bits per heavy atom. The third-order valence-corrected chi connectivity index (χ3v) is 4.83. The van der Waals surface area contributed by atoms with E-state index in [0.717, 1.165) is 19.0 Å². The normalized spacial score (nSPS) is 27.7. The lowest BCUT2D eigenvalue weighted by molar-refractivity contribution is 0.0503. The molecule has 0 spiro atoms. The van der Waals surface area contributed by atoms with Crippen LogP contribution in [0.3, 0.4) is 0 Å². The van der Waals surface area contributed by atoms with E-state index in [9.17, 15) is 0 Å². The smallest absolute Gasteiger partial charge is 0.0334 e. The summed E-state index contributed by atoms with van der Waals surface area (Å²) in [5.41, 5.74) is 7.62. The number of likely N-dealkylation sites (N-methyl/N-ethyl adjacent to an activating group) is 1. The van der Waals surface area contributed by atoms with Gasteiger partial charge in [-0.1, -0.05) is 32.3 Å². The molecule has 1 fully saturated rings. The molecule has 0 saturated heterocycles. The zero-order valence-electron chi connectivity index (χ0n) is 12.3. The highest BCUT2D eigenvalue weighted by atomic mass is 15.2. The molecule has 106 valence electrons. The minimum absolute atomic E-state index is 0.189. The first kappa shape index (κ1) is 14.5. The molecule has 0 bridgehead atoms. The van der Waals surface area contributed by atoms with Gasteiger partial charge in [0.2, 0.25) is 0 Å². The molecular weight excluding hydrogens is 234 g/mol. The number of nitrogens with two attached hydrogens (primary N) is 1. The van der Waals surface area contributed by atoms with Gasteiger partial charge in [-0.25, -0.2) is 0 Å². The van der Waals surface area contributed by atoms with E-state index in [2.05, 4.69) is 29.9 Å². The summed E-state index contributed by atoms with van der Waals surface area (Å²) < 4.78 is 0. The molecule has 1 aliphatic rings. The van der Waals surface area contributed by atoms with Crippen molar-refractivity contribution in [2.24, 2.45) is 11.7 Å². The van der Waals surface area contributed by atoms with E-state index < -0.39 is 0 Å². The molecule has 2 atom stereocenters. The van der Waals surface area contributed by atoms with E-state index in [-0.39, 0.29) is 5.54 Å². The zero-order valence-corrected chi connectivity index (χ0v) is 12.3. The highest BCUT2D eigenvalue weighted by Crippen LogP contribution is 2.37. The van der Waals surface area contributed by atoms with Crippen LogP contribution in [0.4, 0.5) is 0 Å². The minimum Gasteiger partial charge on any atom is -0.329 e. The van der Waals surface area contributed by atoms with Crippen LogP contribution in [0, 0.1) is 5.92 Å². The van der Waals surface area contributed by atoms with E-state index in [0.29, 0.717) is 0 Å². The molecule has 1 aliphatic carbocycles. The second-order valence-corrected chi connectivity index (χ2v) is 6.02. The van der Waals surface area contributed by atoms with Crippen molar-refractivity contribution in [3.05, 3.63) is 30.1 Å². The molecule has 0 aromatic carbocycles. The number of pyridine rings is 1. The van der Waals surface area contributed by atoms with Crippen LogP contribution in [0.1, 0.15) is 44.6 Å². The van der Waals surface area contributed by atoms with E-state index in [1.807, 2.05) is 18.5 Å². The van der Waals surface area contributed by atoms with Crippen LogP contribution < -0.4 is 5.73 Å². The first-order chi connectivity index (χ1) is 9.20. The summed E-state index contributed by atoms with van der Waals surface area (Å²) in [4.78, 5) is 6.67. The summed E-state index contributed by atoms with van der Waals surface area (Å²) in [5.74, 6) is 0.841. The highest BCUT2D eigenvalue weighted by molar-refractivity contribution is 5.09. The SMILES string of the molecule is CCC1CCCC(CN)(N(C)Cc2cccnc2)C1. The van der Waals surface area contributed by atoms with Gasteiger partial charge in [0.25, 0.3) is 0 Å². The Morgan fingerprint density at radius 1 is 1.53 bits per heavy atom. The van der Waals surface area contributed by atoms with Gasteiger partial charge in [-0.3, -0.25) is 9.88 Å². The van der Waals surface area contributed by atoms with E-state index in [4.69, 9.17) is 5.73 Å². The molecule has 1 aromatic heterocycles. The molecule has 3 heteroatoms. The monoisotopic (exact) mass is 261 g/mol. The average Bonchev–Trinajstić information content (AvgIpc) is 2.48. The summed E-state index contributed by atoms with van der Waals surface area (Å²) in [7, 11) is 2.22. The molecule has 0 amide bonds. The largest absolute Gasteiger partial charge is 0.329 e. The average molecular weight is 261 g/mol. The summed E-state index contributed by atoms with van der Waals surface area (Å²) in [6, 6.07) is 4.15. The molecule has 0 aliphatic heterocycles. The van der Waals surface area contributed by atoms with Crippen LogP contribution in [-0.2, 0) is 6.54 Å². The van der Waals surface area contributed by atoms with Gasteiger partial charge in [0, 0.05) is 31.0 Å². The Morgan fingerprint density at radius 3 is 3.00 bits per heavy atom. The van der Waals surface area contributed by atoms with Crippen LogP contribution in [0.25, 0.3) is 0 Å². The molecular formula is C16H27N3. The molecule has 1 saturated carbocycles. The van der Waals surface area contributed by atoms with E-state index >= 15 is 0 Å². The maximum atomic E-state index is 6.15. The first-order valence-electron chi connectivity index (χ1n) is 7.50. The van der Waals surface area contributed by atoms with Crippen molar-refractivity contribution in [3.63, 3.8) is 0 Å². The fourth-order valence-electron chi connectivity index (χ4n) is 3.43. The lowest BCUT2D eigenvalue weighted by Gasteiger charge is -2.46. The molecule has 19 heavy (non-hydrogen) atoms. The summed E-state index contributed by atoms with van der Waals surface area (Å²) in [6.07, 6.45) is 10.2. The Labute approximate surface area is 117 Å². The lowest BCUT2D eigenvalue weighted by Crippen LogP contribution is -2.54. The van der Waals surface area contributed by atoms with Crippen molar-refractivity contribution in [1.82, 2.24) is 9.88 Å². The third kappa shape index (κ3) is 3.34. The predicted octanol–water partition coefficient (Wildman–Crippen LogP) is 2.81. The van der Waals surface area contributed by atoms with Crippen LogP contribution in [0.5, 0.6) is 0 Å². The Bertz CT molecular complexity index is 379. The lowest BCUT2D eigenvalue weighted by atomic mass is 9.73. The molecule has 2 unspecified atom stereocenters.